The summed E-state index contributed by atoms with van der Waals surface area (Å²) in [5.41, 5.74) is 0.149. The number of aromatic carboxylic acids is 1. The van der Waals surface area contributed by atoms with Gasteiger partial charge in [0, 0.05) is 12.7 Å². The van der Waals surface area contributed by atoms with Crippen molar-refractivity contribution in [3.05, 3.63) is 68.6 Å². The molecular formula is C17H14KN2O5+. The number of amides is 2. The first-order valence-electron chi connectivity index (χ1n) is 7.21. The molecule has 0 bridgehead atoms. The van der Waals surface area contributed by atoms with Crippen molar-refractivity contribution in [2.24, 2.45) is 7.05 Å². The third-order valence-corrected chi connectivity index (χ3v) is 4.20. The van der Waals surface area contributed by atoms with E-state index in [4.69, 9.17) is 0 Å². The number of nitrogens with zero attached hydrogens (tertiary/aromatic N) is 2. The van der Waals surface area contributed by atoms with E-state index in [1.807, 2.05) is 0 Å². The Morgan fingerprint density at radius 1 is 1.08 bits per heavy atom. The summed E-state index contributed by atoms with van der Waals surface area (Å²) in [7, 11) is 1.51. The zero-order valence-corrected chi connectivity index (χ0v) is 17.2. The standard InChI is InChI=1S/C17H14N2O5.K/c1-9-7-12(17(23)24)13(14(20)18(9)2)8-19-15(21)10-5-3-4-6-11(10)16(19)22;/h3-7H,8H2,1-2H3,(H,23,24);/q;+1. The summed E-state index contributed by atoms with van der Waals surface area (Å²) >= 11 is 0. The first-order valence-corrected chi connectivity index (χ1v) is 7.21. The molecule has 25 heavy (non-hydrogen) atoms. The number of hydrogen-bond donors (Lipinski definition) is 1. The van der Waals surface area contributed by atoms with Crippen LogP contribution in [0.4, 0.5) is 0 Å². The summed E-state index contributed by atoms with van der Waals surface area (Å²) in [6, 6.07) is 7.70. The Hall–Kier alpha value is -1.58. The second kappa shape index (κ2) is 7.34. The average molecular weight is 365 g/mol. The van der Waals surface area contributed by atoms with Gasteiger partial charge in [0.25, 0.3) is 17.4 Å². The van der Waals surface area contributed by atoms with Crippen molar-refractivity contribution in [1.82, 2.24) is 9.47 Å². The summed E-state index contributed by atoms with van der Waals surface area (Å²) in [6.45, 7) is 1.24. The molecule has 2 heterocycles. The monoisotopic (exact) mass is 365 g/mol. The number of aryl methyl sites for hydroxylation is 1. The maximum absolute atomic E-state index is 12.4. The summed E-state index contributed by atoms with van der Waals surface area (Å²) < 4.78 is 1.29. The fourth-order valence-corrected chi connectivity index (χ4v) is 2.76. The number of imide groups is 1. The number of carboxylic acid groups (broad SMARTS) is 1. The molecule has 2 amide bonds. The van der Waals surface area contributed by atoms with Gasteiger partial charge in [-0.15, -0.1) is 0 Å². The number of rotatable bonds is 3. The molecule has 0 atom stereocenters. The normalized spacial score (nSPS) is 12.8. The number of carbonyl (C=O) groups is 3. The fraction of sp³-hybridized carbons (Fsp3) is 0.176. The third kappa shape index (κ3) is 3.27. The van der Waals surface area contributed by atoms with Gasteiger partial charge in [0.05, 0.1) is 28.8 Å². The van der Waals surface area contributed by atoms with Gasteiger partial charge >= 0.3 is 57.4 Å². The van der Waals surface area contributed by atoms with Crippen molar-refractivity contribution in [3.8, 4) is 0 Å². The van der Waals surface area contributed by atoms with Gasteiger partial charge in [-0.25, -0.2) is 4.79 Å². The molecule has 0 radical (unpaired) electrons. The second-order valence-corrected chi connectivity index (χ2v) is 5.59. The van der Waals surface area contributed by atoms with Crippen LogP contribution in [0.5, 0.6) is 0 Å². The van der Waals surface area contributed by atoms with Crippen LogP contribution >= 0.6 is 0 Å². The Balaban J connectivity index is 0.00000225. The van der Waals surface area contributed by atoms with Crippen LogP contribution in [0.3, 0.4) is 0 Å². The minimum atomic E-state index is -1.28. The number of carboxylic acids is 1. The Morgan fingerprint density at radius 3 is 2.08 bits per heavy atom. The number of pyridine rings is 1. The van der Waals surface area contributed by atoms with Crippen molar-refractivity contribution in [2.45, 2.75) is 13.5 Å². The molecule has 7 nitrogen and oxygen atoms in total. The Morgan fingerprint density at radius 2 is 1.60 bits per heavy atom. The number of hydrogen-bond acceptors (Lipinski definition) is 4. The fourth-order valence-electron chi connectivity index (χ4n) is 2.76. The first-order chi connectivity index (χ1) is 11.3. The topological polar surface area (TPSA) is 96.7 Å². The number of fused-ring (bicyclic) bond motifs is 1. The molecule has 122 valence electrons. The molecule has 1 aliphatic heterocycles. The van der Waals surface area contributed by atoms with Crippen molar-refractivity contribution in [3.63, 3.8) is 0 Å². The molecule has 0 fully saturated rings. The van der Waals surface area contributed by atoms with Crippen molar-refractivity contribution in [1.29, 1.82) is 0 Å². The van der Waals surface area contributed by atoms with Crippen LogP contribution in [-0.2, 0) is 13.6 Å². The Kier molecular flexibility index (Phi) is 5.80. The molecule has 0 saturated heterocycles. The molecule has 8 heteroatoms. The van der Waals surface area contributed by atoms with E-state index >= 15 is 0 Å². The Bertz CT molecular complexity index is 929. The zero-order chi connectivity index (χ0) is 17.6. The van der Waals surface area contributed by atoms with Gasteiger partial charge in [0.15, 0.2) is 0 Å². The number of aromatic nitrogens is 1. The largest absolute Gasteiger partial charge is 1.00 e. The minimum absolute atomic E-state index is 0. The first kappa shape index (κ1) is 19.7. The molecule has 1 aromatic carbocycles. The van der Waals surface area contributed by atoms with Gasteiger partial charge in [-0.3, -0.25) is 19.3 Å². The van der Waals surface area contributed by atoms with Gasteiger partial charge in [0.2, 0.25) is 0 Å². The molecule has 0 aliphatic carbocycles. The zero-order valence-electron chi connectivity index (χ0n) is 14.1. The van der Waals surface area contributed by atoms with Crippen molar-refractivity contribution >= 4 is 17.8 Å². The maximum atomic E-state index is 12.4. The van der Waals surface area contributed by atoms with Gasteiger partial charge in [-0.05, 0) is 25.1 Å². The van der Waals surface area contributed by atoms with Gasteiger partial charge in [-0.1, -0.05) is 12.1 Å². The van der Waals surface area contributed by atoms with Gasteiger partial charge in [0.1, 0.15) is 0 Å². The molecule has 1 aromatic heterocycles. The van der Waals surface area contributed by atoms with Gasteiger partial charge < -0.3 is 9.67 Å². The van der Waals surface area contributed by atoms with E-state index in [0.717, 1.165) is 4.90 Å². The van der Waals surface area contributed by atoms with Crippen LogP contribution in [0.1, 0.15) is 42.3 Å². The van der Waals surface area contributed by atoms with E-state index in [1.165, 1.54) is 29.8 Å². The SMILES string of the molecule is Cc1cc(C(=O)O)c(CN2C(=O)c3ccccc3C2=O)c(=O)n1C.[K+]. The molecule has 1 N–H and O–H groups in total. The molecule has 0 saturated carbocycles. The number of benzene rings is 1. The van der Waals surface area contributed by atoms with E-state index in [0.29, 0.717) is 5.69 Å². The summed E-state index contributed by atoms with van der Waals surface area (Å²) in [5.74, 6) is -2.34. The molecule has 0 unspecified atom stereocenters. The van der Waals surface area contributed by atoms with E-state index < -0.39 is 23.3 Å². The van der Waals surface area contributed by atoms with Crippen LogP contribution in [0.15, 0.2) is 35.1 Å². The predicted molar refractivity (Wildman–Crippen MR) is 84.0 cm³/mol. The van der Waals surface area contributed by atoms with Crippen LogP contribution in [-0.4, -0.2) is 32.4 Å². The number of carbonyl (C=O) groups excluding carboxylic acids is 2. The van der Waals surface area contributed by atoms with Crippen molar-refractivity contribution in [2.75, 3.05) is 0 Å². The summed E-state index contributed by atoms with van der Waals surface area (Å²) in [6.07, 6.45) is 0. The maximum Gasteiger partial charge on any atom is 1.00 e. The van der Waals surface area contributed by atoms with Crippen molar-refractivity contribution < 1.29 is 70.9 Å². The van der Waals surface area contributed by atoms with E-state index in [1.54, 1.807) is 19.1 Å². The third-order valence-electron chi connectivity index (χ3n) is 4.20. The smallest absolute Gasteiger partial charge is 0.478 e. The molecule has 3 rings (SSSR count). The second-order valence-electron chi connectivity index (χ2n) is 5.59. The van der Waals surface area contributed by atoms with E-state index in [9.17, 15) is 24.3 Å². The predicted octanol–water partition coefficient (Wildman–Crippen LogP) is -1.81. The molecule has 0 spiro atoms. The quantitative estimate of drug-likeness (QED) is 0.511. The molecular weight excluding hydrogens is 351 g/mol. The summed E-state index contributed by atoms with van der Waals surface area (Å²) in [5, 5.41) is 9.35. The van der Waals surface area contributed by atoms with Crippen LogP contribution in [0, 0.1) is 6.92 Å². The van der Waals surface area contributed by atoms with Gasteiger partial charge in [-0.2, -0.15) is 0 Å². The summed E-state index contributed by atoms with van der Waals surface area (Å²) in [4.78, 5) is 49.6. The van der Waals surface area contributed by atoms with Crippen LogP contribution in [0.25, 0.3) is 0 Å². The van der Waals surface area contributed by atoms with E-state index in [2.05, 4.69) is 0 Å². The molecule has 1 aliphatic rings. The van der Waals surface area contributed by atoms with Crippen LogP contribution < -0.4 is 56.9 Å². The average Bonchev–Trinajstić information content (AvgIpc) is 2.80. The van der Waals surface area contributed by atoms with Crippen LogP contribution in [0.2, 0.25) is 0 Å². The Labute approximate surface area is 185 Å². The molecule has 2 aromatic rings. The van der Waals surface area contributed by atoms with E-state index in [-0.39, 0.29) is 80.2 Å². The minimum Gasteiger partial charge on any atom is -0.478 e.